The fraction of sp³-hybridized carbons (Fsp3) is 0.571. The van der Waals surface area contributed by atoms with E-state index in [2.05, 4.69) is 17.3 Å². The Morgan fingerprint density at radius 2 is 2.11 bits per heavy atom. The van der Waals surface area contributed by atoms with E-state index in [1.54, 1.807) is 6.08 Å². The van der Waals surface area contributed by atoms with Crippen LogP contribution in [0.5, 0.6) is 0 Å². The van der Waals surface area contributed by atoms with Crippen molar-refractivity contribution in [2.75, 3.05) is 20.6 Å². The highest BCUT2D eigenvalue weighted by atomic mass is 16.1. The van der Waals surface area contributed by atoms with Gasteiger partial charge in [-0.15, -0.1) is 0 Å². The third-order valence-corrected chi connectivity index (χ3v) is 3.01. The Labute approximate surface area is 115 Å². The fourth-order valence-corrected chi connectivity index (χ4v) is 1.90. The third kappa shape index (κ3) is 4.52. The van der Waals surface area contributed by atoms with Crippen molar-refractivity contribution in [1.29, 1.82) is 0 Å². The Balaban J connectivity index is 2.55. The Bertz CT molecular complexity index is 460. The largest absolute Gasteiger partial charge is 0.348 e. The van der Waals surface area contributed by atoms with Gasteiger partial charge in [0.15, 0.2) is 0 Å². The van der Waals surface area contributed by atoms with Crippen LogP contribution in [0.3, 0.4) is 0 Å². The first kappa shape index (κ1) is 15.4. The van der Waals surface area contributed by atoms with Crippen LogP contribution in [0.4, 0.5) is 0 Å². The molecule has 1 heterocycles. The first-order valence-electron chi connectivity index (χ1n) is 6.57. The summed E-state index contributed by atoms with van der Waals surface area (Å²) >= 11 is 0. The minimum Gasteiger partial charge on any atom is -0.348 e. The zero-order chi connectivity index (χ0) is 14.4. The van der Waals surface area contributed by atoms with Crippen LogP contribution < -0.4 is 5.32 Å². The van der Waals surface area contributed by atoms with Crippen molar-refractivity contribution in [2.45, 2.75) is 33.9 Å². The lowest BCUT2D eigenvalue weighted by molar-refractivity contribution is -0.116. The predicted molar refractivity (Wildman–Crippen MR) is 76.9 cm³/mol. The molecule has 1 rings (SSSR count). The fourth-order valence-electron chi connectivity index (χ4n) is 1.90. The molecule has 0 spiro atoms. The van der Waals surface area contributed by atoms with Crippen molar-refractivity contribution in [3.63, 3.8) is 0 Å². The van der Waals surface area contributed by atoms with Crippen molar-refractivity contribution < 1.29 is 4.79 Å². The molecule has 1 amide bonds. The number of nitrogens with one attached hydrogen (secondary N) is 1. The van der Waals surface area contributed by atoms with Crippen LogP contribution in [-0.4, -0.2) is 41.2 Å². The second kappa shape index (κ2) is 7.09. The molecule has 1 aromatic heterocycles. The van der Waals surface area contributed by atoms with Gasteiger partial charge in [0.05, 0.1) is 5.69 Å². The lowest BCUT2D eigenvalue weighted by Crippen LogP contribution is -2.21. The third-order valence-electron chi connectivity index (χ3n) is 3.01. The minimum atomic E-state index is -0.0649. The van der Waals surface area contributed by atoms with Gasteiger partial charge in [-0.1, -0.05) is 6.08 Å². The van der Waals surface area contributed by atoms with Gasteiger partial charge >= 0.3 is 0 Å². The molecule has 5 heteroatoms. The molecule has 0 aromatic carbocycles. The number of aromatic nitrogens is 2. The van der Waals surface area contributed by atoms with Gasteiger partial charge in [0.25, 0.3) is 0 Å². The molecule has 0 fully saturated rings. The molecule has 0 saturated carbocycles. The number of nitrogens with zero attached hydrogens (tertiary/aromatic N) is 3. The summed E-state index contributed by atoms with van der Waals surface area (Å²) in [6.07, 6.45) is 3.43. The summed E-state index contributed by atoms with van der Waals surface area (Å²) in [6.45, 7) is 8.21. The first-order valence-corrected chi connectivity index (χ1v) is 6.57. The summed E-state index contributed by atoms with van der Waals surface area (Å²) in [4.78, 5) is 13.7. The molecule has 106 valence electrons. The highest BCUT2D eigenvalue weighted by molar-refractivity contribution is 5.87. The van der Waals surface area contributed by atoms with Crippen LogP contribution in [-0.2, 0) is 17.9 Å². The number of amides is 1. The van der Waals surface area contributed by atoms with Gasteiger partial charge in [0, 0.05) is 37.0 Å². The Hall–Kier alpha value is -1.62. The number of aryl methyl sites for hydroxylation is 2. The summed E-state index contributed by atoms with van der Waals surface area (Å²) in [5, 5.41) is 7.33. The standard InChI is InChI=1S/C14H24N4O/c1-6-18-12(3)13(11(2)16-18)10-15-14(19)8-7-9-17(4)5/h7-8H,6,9-10H2,1-5H3,(H,15,19)/b8-7+. The maximum Gasteiger partial charge on any atom is 0.243 e. The minimum absolute atomic E-state index is 0.0649. The van der Waals surface area contributed by atoms with Crippen LogP contribution in [0, 0.1) is 13.8 Å². The molecule has 5 nitrogen and oxygen atoms in total. The molecule has 1 aromatic rings. The summed E-state index contributed by atoms with van der Waals surface area (Å²) in [7, 11) is 3.93. The highest BCUT2D eigenvalue weighted by Gasteiger charge is 2.10. The molecule has 0 aliphatic heterocycles. The van der Waals surface area contributed by atoms with E-state index in [4.69, 9.17) is 0 Å². The second-order valence-corrected chi connectivity index (χ2v) is 4.85. The molecule has 0 atom stereocenters. The average Bonchev–Trinajstić information content (AvgIpc) is 2.61. The number of hydrogen-bond acceptors (Lipinski definition) is 3. The normalized spacial score (nSPS) is 11.5. The van der Waals surface area contributed by atoms with E-state index in [9.17, 15) is 4.79 Å². The van der Waals surface area contributed by atoms with Crippen molar-refractivity contribution in [3.8, 4) is 0 Å². The van der Waals surface area contributed by atoms with Crippen molar-refractivity contribution >= 4 is 5.91 Å². The smallest absolute Gasteiger partial charge is 0.243 e. The molecule has 0 radical (unpaired) electrons. The van der Waals surface area contributed by atoms with Gasteiger partial charge in [-0.2, -0.15) is 5.10 Å². The van der Waals surface area contributed by atoms with E-state index in [0.717, 1.165) is 30.0 Å². The predicted octanol–water partition coefficient (Wildman–Crippen LogP) is 1.25. The van der Waals surface area contributed by atoms with E-state index in [1.807, 2.05) is 43.6 Å². The van der Waals surface area contributed by atoms with E-state index in [-0.39, 0.29) is 5.91 Å². The average molecular weight is 264 g/mol. The SMILES string of the molecule is CCn1nc(C)c(CNC(=O)/C=C/CN(C)C)c1C. The summed E-state index contributed by atoms with van der Waals surface area (Å²) in [6, 6.07) is 0. The zero-order valence-electron chi connectivity index (χ0n) is 12.5. The van der Waals surface area contributed by atoms with Crippen molar-refractivity contribution in [1.82, 2.24) is 20.0 Å². The molecule has 0 bridgehead atoms. The number of hydrogen-bond donors (Lipinski definition) is 1. The molecular formula is C14H24N4O. The van der Waals surface area contributed by atoms with Gasteiger partial charge in [-0.25, -0.2) is 0 Å². The van der Waals surface area contributed by atoms with Crippen LogP contribution in [0.15, 0.2) is 12.2 Å². The molecule has 1 N–H and O–H groups in total. The molecule has 0 aliphatic rings. The molecule has 0 saturated heterocycles. The van der Waals surface area contributed by atoms with E-state index >= 15 is 0 Å². The van der Waals surface area contributed by atoms with Gasteiger partial charge in [0.1, 0.15) is 0 Å². The van der Waals surface area contributed by atoms with Gasteiger partial charge in [0.2, 0.25) is 5.91 Å². The maximum absolute atomic E-state index is 11.7. The number of carbonyl (C=O) groups is 1. The van der Waals surface area contributed by atoms with E-state index < -0.39 is 0 Å². The number of rotatable bonds is 6. The molecular weight excluding hydrogens is 240 g/mol. The van der Waals surface area contributed by atoms with E-state index in [0.29, 0.717) is 6.54 Å². The summed E-state index contributed by atoms with van der Waals surface area (Å²) < 4.78 is 1.96. The number of likely N-dealkylation sites (N-methyl/N-ethyl adjacent to an activating group) is 1. The number of carbonyl (C=O) groups excluding carboxylic acids is 1. The Morgan fingerprint density at radius 3 is 2.63 bits per heavy atom. The molecule has 0 unspecified atom stereocenters. The van der Waals surface area contributed by atoms with E-state index in [1.165, 1.54) is 0 Å². The topological polar surface area (TPSA) is 50.2 Å². The van der Waals surface area contributed by atoms with Crippen molar-refractivity contribution in [2.24, 2.45) is 0 Å². The van der Waals surface area contributed by atoms with Gasteiger partial charge < -0.3 is 10.2 Å². The maximum atomic E-state index is 11.7. The van der Waals surface area contributed by atoms with Crippen LogP contribution >= 0.6 is 0 Å². The Kier molecular flexibility index (Phi) is 5.76. The van der Waals surface area contributed by atoms with Crippen LogP contribution in [0.1, 0.15) is 23.9 Å². The summed E-state index contributed by atoms with van der Waals surface area (Å²) in [5.41, 5.74) is 3.21. The monoisotopic (exact) mass is 264 g/mol. The molecule has 19 heavy (non-hydrogen) atoms. The van der Waals surface area contributed by atoms with Crippen LogP contribution in [0.25, 0.3) is 0 Å². The Morgan fingerprint density at radius 1 is 1.42 bits per heavy atom. The lowest BCUT2D eigenvalue weighted by atomic mass is 10.2. The lowest BCUT2D eigenvalue weighted by Gasteiger charge is -2.05. The van der Waals surface area contributed by atoms with Crippen molar-refractivity contribution in [3.05, 3.63) is 29.1 Å². The zero-order valence-corrected chi connectivity index (χ0v) is 12.5. The second-order valence-electron chi connectivity index (χ2n) is 4.85. The van der Waals surface area contributed by atoms with Gasteiger partial charge in [-0.3, -0.25) is 9.48 Å². The molecule has 0 aliphatic carbocycles. The summed E-state index contributed by atoms with van der Waals surface area (Å²) in [5.74, 6) is -0.0649. The quantitative estimate of drug-likeness (QED) is 0.787. The first-order chi connectivity index (χ1) is 8.95. The highest BCUT2D eigenvalue weighted by Crippen LogP contribution is 2.12. The van der Waals surface area contributed by atoms with Gasteiger partial charge in [-0.05, 0) is 34.9 Å². The van der Waals surface area contributed by atoms with Crippen LogP contribution in [0.2, 0.25) is 0 Å².